The molecule has 2 fully saturated rings. The van der Waals surface area contributed by atoms with Gasteiger partial charge in [-0.15, -0.1) is 24.0 Å². The lowest BCUT2D eigenvalue weighted by atomic mass is 10.1. The molecule has 0 bridgehead atoms. The van der Waals surface area contributed by atoms with Crippen molar-refractivity contribution >= 4 is 29.9 Å². The predicted molar refractivity (Wildman–Crippen MR) is 127 cm³/mol. The molecule has 2 aliphatic rings. The van der Waals surface area contributed by atoms with Crippen molar-refractivity contribution in [1.82, 2.24) is 10.2 Å². The molecule has 8 nitrogen and oxygen atoms in total. The Hall–Kier alpha value is -1.46. The van der Waals surface area contributed by atoms with E-state index in [1.54, 1.807) is 21.3 Å². The van der Waals surface area contributed by atoms with Crippen molar-refractivity contribution in [2.24, 2.45) is 4.99 Å². The third-order valence-corrected chi connectivity index (χ3v) is 5.31. The predicted octanol–water partition coefficient (Wildman–Crippen LogP) is 2.68. The number of hydrogen-bond acceptors (Lipinski definition) is 6. The summed E-state index contributed by atoms with van der Waals surface area (Å²) in [5.41, 5.74) is 0.884. The molecule has 0 saturated carbocycles. The summed E-state index contributed by atoms with van der Waals surface area (Å²) in [7, 11) is 4.90. The van der Waals surface area contributed by atoms with E-state index in [-0.39, 0.29) is 36.2 Å². The highest BCUT2D eigenvalue weighted by molar-refractivity contribution is 14.0. The number of rotatable bonds is 7. The van der Waals surface area contributed by atoms with Gasteiger partial charge in [0, 0.05) is 38.4 Å². The van der Waals surface area contributed by atoms with E-state index in [1.807, 2.05) is 12.1 Å². The molecule has 2 heterocycles. The molecule has 0 radical (unpaired) electrons. The molecule has 1 aromatic carbocycles. The smallest absolute Gasteiger partial charge is 0.194 e. The number of morpholine rings is 1. The summed E-state index contributed by atoms with van der Waals surface area (Å²) in [5.74, 6) is 2.93. The zero-order valence-corrected chi connectivity index (χ0v) is 20.6. The average molecular weight is 535 g/mol. The Morgan fingerprint density at radius 3 is 2.37 bits per heavy atom. The lowest BCUT2D eigenvalue weighted by Crippen LogP contribution is -2.53. The molecule has 3 rings (SSSR count). The number of ether oxygens (including phenoxy) is 5. The van der Waals surface area contributed by atoms with Gasteiger partial charge in [-0.25, -0.2) is 4.99 Å². The summed E-state index contributed by atoms with van der Waals surface area (Å²) in [6.07, 6.45) is 2.44. The van der Waals surface area contributed by atoms with Crippen LogP contribution in [0.15, 0.2) is 17.1 Å². The Morgan fingerprint density at radius 1 is 1.10 bits per heavy atom. The van der Waals surface area contributed by atoms with Gasteiger partial charge in [0.15, 0.2) is 5.96 Å². The summed E-state index contributed by atoms with van der Waals surface area (Å²) < 4.78 is 28.3. The van der Waals surface area contributed by atoms with Crippen LogP contribution in [0.25, 0.3) is 0 Å². The molecule has 2 saturated heterocycles. The average Bonchev–Trinajstić information content (AvgIpc) is 3.31. The fourth-order valence-electron chi connectivity index (χ4n) is 3.80. The highest BCUT2D eigenvalue weighted by atomic mass is 127. The number of halogens is 1. The van der Waals surface area contributed by atoms with E-state index in [9.17, 15) is 0 Å². The molecule has 2 unspecified atom stereocenters. The molecule has 0 amide bonds. The van der Waals surface area contributed by atoms with E-state index >= 15 is 0 Å². The molecule has 1 aromatic rings. The third-order valence-electron chi connectivity index (χ3n) is 5.31. The molecule has 0 aromatic heterocycles. The van der Waals surface area contributed by atoms with Crippen molar-refractivity contribution < 1.29 is 23.7 Å². The van der Waals surface area contributed by atoms with Gasteiger partial charge >= 0.3 is 0 Å². The van der Waals surface area contributed by atoms with E-state index < -0.39 is 0 Å². The topological polar surface area (TPSA) is 73.8 Å². The van der Waals surface area contributed by atoms with Gasteiger partial charge in [0.2, 0.25) is 0 Å². The fourth-order valence-corrected chi connectivity index (χ4v) is 3.80. The normalized spacial score (nSPS) is 21.7. The number of methoxy groups -OCH3 is 3. The van der Waals surface area contributed by atoms with Gasteiger partial charge < -0.3 is 33.9 Å². The lowest BCUT2D eigenvalue weighted by molar-refractivity contribution is -0.0817. The van der Waals surface area contributed by atoms with Crippen LogP contribution in [-0.4, -0.2) is 77.2 Å². The van der Waals surface area contributed by atoms with Crippen LogP contribution in [0.2, 0.25) is 0 Å². The maximum absolute atomic E-state index is 5.98. The SMILES string of the molecule is CCNC(=NCc1c(OC)cc(OC)cc1OC)N1CCOC(C2CCCO2)C1.I. The highest BCUT2D eigenvalue weighted by Gasteiger charge is 2.32. The first kappa shape index (κ1) is 24.8. The first-order valence-electron chi connectivity index (χ1n) is 10.3. The number of guanidine groups is 1. The van der Waals surface area contributed by atoms with Crippen molar-refractivity contribution in [3.63, 3.8) is 0 Å². The first-order chi connectivity index (χ1) is 14.2. The van der Waals surface area contributed by atoms with E-state index in [4.69, 9.17) is 28.7 Å². The fraction of sp³-hybridized carbons (Fsp3) is 0.667. The second kappa shape index (κ2) is 12.4. The van der Waals surface area contributed by atoms with Gasteiger partial charge in [-0.2, -0.15) is 0 Å². The van der Waals surface area contributed by atoms with Crippen molar-refractivity contribution in [2.75, 3.05) is 54.2 Å². The van der Waals surface area contributed by atoms with Crippen LogP contribution in [0.3, 0.4) is 0 Å². The van der Waals surface area contributed by atoms with Gasteiger partial charge in [-0.05, 0) is 19.8 Å². The minimum absolute atomic E-state index is 0. The summed E-state index contributed by atoms with van der Waals surface area (Å²) in [5, 5.41) is 3.40. The number of benzene rings is 1. The van der Waals surface area contributed by atoms with Crippen LogP contribution in [0.4, 0.5) is 0 Å². The minimum atomic E-state index is 0. The van der Waals surface area contributed by atoms with Crippen LogP contribution < -0.4 is 19.5 Å². The largest absolute Gasteiger partial charge is 0.496 e. The molecular formula is C21H34IN3O5. The summed E-state index contributed by atoms with van der Waals surface area (Å²) in [4.78, 5) is 7.13. The standard InChI is InChI=1S/C21H33N3O5.HI/c1-5-22-21(24-8-10-29-20(14-24)17-7-6-9-28-17)23-13-16-18(26-3)11-15(25-2)12-19(16)27-4;/h11-12,17,20H,5-10,13-14H2,1-4H3,(H,22,23);1H. The number of aliphatic imine (C=N–C) groups is 1. The Labute approximate surface area is 196 Å². The van der Waals surface area contributed by atoms with E-state index in [2.05, 4.69) is 17.1 Å². The minimum Gasteiger partial charge on any atom is -0.496 e. The van der Waals surface area contributed by atoms with Gasteiger partial charge in [0.25, 0.3) is 0 Å². The number of hydrogen-bond donors (Lipinski definition) is 1. The monoisotopic (exact) mass is 535 g/mol. The Bertz CT molecular complexity index is 672. The van der Waals surface area contributed by atoms with Crippen molar-refractivity contribution in [1.29, 1.82) is 0 Å². The molecule has 9 heteroatoms. The van der Waals surface area contributed by atoms with Crippen LogP contribution in [-0.2, 0) is 16.0 Å². The second-order valence-corrected chi connectivity index (χ2v) is 7.09. The van der Waals surface area contributed by atoms with Crippen LogP contribution in [0.1, 0.15) is 25.3 Å². The number of nitrogens with zero attached hydrogens (tertiary/aromatic N) is 2. The third kappa shape index (κ3) is 6.04. The van der Waals surface area contributed by atoms with E-state index in [0.29, 0.717) is 30.4 Å². The highest BCUT2D eigenvalue weighted by Crippen LogP contribution is 2.34. The molecule has 170 valence electrons. The van der Waals surface area contributed by atoms with E-state index in [0.717, 1.165) is 50.6 Å². The molecule has 2 atom stereocenters. The van der Waals surface area contributed by atoms with Crippen molar-refractivity contribution in [3.05, 3.63) is 17.7 Å². The van der Waals surface area contributed by atoms with Crippen LogP contribution in [0, 0.1) is 0 Å². The Balaban J connectivity index is 0.00000320. The van der Waals surface area contributed by atoms with Crippen LogP contribution in [0.5, 0.6) is 17.2 Å². The molecule has 2 aliphatic heterocycles. The van der Waals surface area contributed by atoms with Crippen molar-refractivity contribution in [2.45, 2.75) is 38.5 Å². The molecule has 1 N–H and O–H groups in total. The van der Waals surface area contributed by atoms with Crippen molar-refractivity contribution in [3.8, 4) is 17.2 Å². The summed E-state index contributed by atoms with van der Waals surface area (Å²) in [6, 6.07) is 3.70. The molecular weight excluding hydrogens is 501 g/mol. The van der Waals surface area contributed by atoms with Crippen LogP contribution >= 0.6 is 24.0 Å². The van der Waals surface area contributed by atoms with Gasteiger partial charge in [-0.1, -0.05) is 0 Å². The summed E-state index contributed by atoms with van der Waals surface area (Å²) in [6.45, 7) is 6.36. The number of nitrogens with one attached hydrogen (secondary N) is 1. The molecule has 0 spiro atoms. The zero-order chi connectivity index (χ0) is 20.6. The lowest BCUT2D eigenvalue weighted by Gasteiger charge is -2.37. The Kier molecular flexibility index (Phi) is 10.3. The maximum atomic E-state index is 5.98. The van der Waals surface area contributed by atoms with Gasteiger partial charge in [0.1, 0.15) is 23.4 Å². The van der Waals surface area contributed by atoms with Gasteiger partial charge in [0.05, 0.1) is 46.1 Å². The van der Waals surface area contributed by atoms with E-state index in [1.165, 1.54) is 0 Å². The second-order valence-electron chi connectivity index (χ2n) is 7.09. The maximum Gasteiger partial charge on any atom is 0.194 e. The quantitative estimate of drug-likeness (QED) is 0.327. The molecule has 30 heavy (non-hydrogen) atoms. The zero-order valence-electron chi connectivity index (χ0n) is 18.3. The molecule has 0 aliphatic carbocycles. The van der Waals surface area contributed by atoms with Gasteiger partial charge in [-0.3, -0.25) is 0 Å². The first-order valence-corrected chi connectivity index (χ1v) is 10.3. The summed E-state index contributed by atoms with van der Waals surface area (Å²) >= 11 is 0. The Morgan fingerprint density at radius 2 is 1.80 bits per heavy atom.